The maximum Gasteiger partial charge on any atom is 0.319 e. The van der Waals surface area contributed by atoms with Gasteiger partial charge in [0.25, 0.3) is 0 Å². The van der Waals surface area contributed by atoms with Crippen LogP contribution in [0.15, 0.2) is 30.3 Å². The Balaban J connectivity index is 1.96. The van der Waals surface area contributed by atoms with Crippen LogP contribution >= 0.6 is 0 Å². The van der Waals surface area contributed by atoms with Crippen LogP contribution in [0, 0.1) is 16.7 Å². The molecule has 0 aromatic heterocycles. The van der Waals surface area contributed by atoms with Crippen LogP contribution in [-0.4, -0.2) is 19.5 Å². The summed E-state index contributed by atoms with van der Waals surface area (Å²) < 4.78 is 30.4. The van der Waals surface area contributed by atoms with E-state index in [2.05, 4.69) is 0 Å². The predicted octanol–water partition coefficient (Wildman–Crippen LogP) is 2.79. The Kier molecular flexibility index (Phi) is 3.00. The van der Waals surface area contributed by atoms with Crippen LogP contribution in [0.5, 0.6) is 5.75 Å². The Morgan fingerprint density at radius 3 is 2.29 bits per heavy atom. The van der Waals surface area contributed by atoms with E-state index in [0.717, 1.165) is 12.8 Å². The molecule has 2 fully saturated rings. The molecule has 1 aromatic rings. The number of rotatable bonds is 3. The van der Waals surface area contributed by atoms with Crippen LogP contribution in [0.25, 0.3) is 0 Å². The van der Waals surface area contributed by atoms with E-state index in [1.54, 1.807) is 30.3 Å². The summed E-state index contributed by atoms with van der Waals surface area (Å²) in [6.45, 7) is 5.90. The molecule has 0 heterocycles. The molecule has 0 saturated heterocycles. The lowest BCUT2D eigenvalue weighted by molar-refractivity contribution is -0.128. The number of Topliss-reactive ketones (excluding diaryl/α,β-unsaturated/α-hetero) is 1. The second kappa shape index (κ2) is 4.32. The molecular formula is C16H20O4S. The number of ketones is 1. The number of hydrogen-bond acceptors (Lipinski definition) is 4. The fourth-order valence-electron chi connectivity index (χ4n) is 4.00. The third-order valence-corrected chi connectivity index (χ3v) is 7.33. The molecule has 0 aliphatic heterocycles. The quantitative estimate of drug-likeness (QED) is 0.806. The molecule has 4 nitrogen and oxygen atoms in total. The predicted molar refractivity (Wildman–Crippen MR) is 79.4 cm³/mol. The molecule has 2 aliphatic rings. The van der Waals surface area contributed by atoms with Crippen molar-refractivity contribution in [3.8, 4) is 5.75 Å². The molecule has 114 valence electrons. The van der Waals surface area contributed by atoms with E-state index in [1.165, 1.54) is 0 Å². The van der Waals surface area contributed by atoms with Crippen molar-refractivity contribution in [2.75, 3.05) is 0 Å². The first kappa shape index (κ1) is 14.6. The van der Waals surface area contributed by atoms with Gasteiger partial charge in [-0.2, -0.15) is 8.42 Å². The monoisotopic (exact) mass is 308 g/mol. The molecule has 0 radical (unpaired) electrons. The van der Waals surface area contributed by atoms with Crippen molar-refractivity contribution in [1.29, 1.82) is 0 Å². The molecule has 2 saturated carbocycles. The number of hydrogen-bond donors (Lipinski definition) is 0. The summed E-state index contributed by atoms with van der Waals surface area (Å²) in [5.41, 5.74) is -0.864. The number of carbonyl (C=O) groups is 1. The van der Waals surface area contributed by atoms with Crippen LogP contribution in [-0.2, 0) is 14.9 Å². The lowest BCUT2D eigenvalue weighted by atomic mass is 9.70. The lowest BCUT2D eigenvalue weighted by Gasteiger charge is -2.32. The van der Waals surface area contributed by atoms with E-state index in [-0.39, 0.29) is 22.9 Å². The van der Waals surface area contributed by atoms with Gasteiger partial charge in [-0.25, -0.2) is 0 Å². The van der Waals surface area contributed by atoms with Crippen molar-refractivity contribution in [2.45, 2.75) is 38.9 Å². The van der Waals surface area contributed by atoms with Crippen LogP contribution in [0.4, 0.5) is 0 Å². The summed E-state index contributed by atoms with van der Waals surface area (Å²) >= 11 is 0. The fraction of sp³-hybridized carbons (Fsp3) is 0.562. The van der Waals surface area contributed by atoms with E-state index >= 15 is 0 Å². The van der Waals surface area contributed by atoms with Gasteiger partial charge in [-0.05, 0) is 36.3 Å². The summed E-state index contributed by atoms with van der Waals surface area (Å²) in [6, 6.07) is 8.37. The molecule has 0 spiro atoms. The van der Waals surface area contributed by atoms with Gasteiger partial charge in [-0.15, -0.1) is 0 Å². The third-order valence-electron chi connectivity index (χ3n) is 5.74. The molecule has 3 rings (SSSR count). The summed E-state index contributed by atoms with van der Waals surface area (Å²) in [5, 5.41) is -1.04. The Hall–Kier alpha value is -1.36. The highest BCUT2D eigenvalue weighted by Crippen LogP contribution is 2.64. The van der Waals surface area contributed by atoms with Crippen molar-refractivity contribution in [3.05, 3.63) is 30.3 Å². The van der Waals surface area contributed by atoms with Crippen LogP contribution in [0.3, 0.4) is 0 Å². The highest BCUT2D eigenvalue weighted by Gasteiger charge is 2.70. The third kappa shape index (κ3) is 1.86. The molecule has 1 aromatic carbocycles. The highest BCUT2D eigenvalue weighted by molar-refractivity contribution is 7.88. The Morgan fingerprint density at radius 2 is 1.76 bits per heavy atom. The average molecular weight is 308 g/mol. The number of fused-ring (bicyclic) bond motifs is 2. The molecule has 0 N–H and O–H groups in total. The zero-order chi connectivity index (χ0) is 15.5. The van der Waals surface area contributed by atoms with E-state index in [1.807, 2.05) is 20.8 Å². The van der Waals surface area contributed by atoms with Gasteiger partial charge in [0.05, 0.1) is 0 Å². The molecule has 21 heavy (non-hydrogen) atoms. The molecule has 2 bridgehead atoms. The second-order valence-corrected chi connectivity index (χ2v) is 8.53. The summed E-state index contributed by atoms with van der Waals surface area (Å²) in [7, 11) is -3.95. The summed E-state index contributed by atoms with van der Waals surface area (Å²) in [5.74, 6) is -0.0839. The van der Waals surface area contributed by atoms with Crippen LogP contribution < -0.4 is 4.18 Å². The van der Waals surface area contributed by atoms with Crippen molar-refractivity contribution in [3.63, 3.8) is 0 Å². The minimum Gasteiger partial charge on any atom is -0.382 e. The molecule has 5 heteroatoms. The van der Waals surface area contributed by atoms with E-state index < -0.39 is 20.8 Å². The van der Waals surface area contributed by atoms with Crippen LogP contribution in [0.1, 0.15) is 33.6 Å². The van der Waals surface area contributed by atoms with Gasteiger partial charge in [0, 0.05) is 5.41 Å². The zero-order valence-electron chi connectivity index (χ0n) is 12.5. The molecule has 3 atom stereocenters. The van der Waals surface area contributed by atoms with Crippen molar-refractivity contribution < 1.29 is 17.4 Å². The lowest BCUT2D eigenvalue weighted by Crippen LogP contribution is -2.41. The topological polar surface area (TPSA) is 60.4 Å². The Labute approximate surface area is 125 Å². The molecule has 3 unspecified atom stereocenters. The Bertz CT molecular complexity index is 677. The minimum atomic E-state index is -3.95. The maximum absolute atomic E-state index is 12.7. The van der Waals surface area contributed by atoms with Crippen molar-refractivity contribution in [2.24, 2.45) is 16.7 Å². The molecule has 0 amide bonds. The van der Waals surface area contributed by atoms with Crippen LogP contribution in [0.2, 0.25) is 0 Å². The zero-order valence-corrected chi connectivity index (χ0v) is 13.3. The average Bonchev–Trinajstić information content (AvgIpc) is 2.71. The van der Waals surface area contributed by atoms with Gasteiger partial charge < -0.3 is 4.18 Å². The maximum atomic E-state index is 12.7. The fourth-order valence-corrected chi connectivity index (χ4v) is 5.88. The molecule has 2 aliphatic carbocycles. The first-order valence-corrected chi connectivity index (χ1v) is 8.70. The second-order valence-electron chi connectivity index (χ2n) is 6.87. The smallest absolute Gasteiger partial charge is 0.319 e. The SMILES string of the molecule is CC12CCC(C(S(=O)(=O)Oc3ccccc3)C1=O)C2(C)C. The normalized spacial score (nSPS) is 34.1. The first-order chi connectivity index (χ1) is 9.70. The van der Waals surface area contributed by atoms with Gasteiger partial charge in [-0.1, -0.05) is 39.0 Å². The van der Waals surface area contributed by atoms with Gasteiger partial charge in [0.2, 0.25) is 0 Å². The van der Waals surface area contributed by atoms with Gasteiger partial charge in [-0.3, -0.25) is 4.79 Å². The Morgan fingerprint density at radius 1 is 1.14 bits per heavy atom. The van der Waals surface area contributed by atoms with Crippen molar-refractivity contribution >= 4 is 15.9 Å². The van der Waals surface area contributed by atoms with E-state index in [4.69, 9.17) is 4.18 Å². The van der Waals surface area contributed by atoms with E-state index in [0.29, 0.717) is 0 Å². The summed E-state index contributed by atoms with van der Waals surface area (Å²) in [4.78, 5) is 12.7. The van der Waals surface area contributed by atoms with Gasteiger partial charge in [0.15, 0.2) is 11.0 Å². The van der Waals surface area contributed by atoms with Gasteiger partial charge in [0.1, 0.15) is 5.75 Å². The molecular weight excluding hydrogens is 288 g/mol. The summed E-state index contributed by atoms with van der Waals surface area (Å²) in [6.07, 6.45) is 1.53. The van der Waals surface area contributed by atoms with Crippen molar-refractivity contribution in [1.82, 2.24) is 0 Å². The first-order valence-electron chi connectivity index (χ1n) is 7.23. The standard InChI is InChI=1S/C16H20O4S/c1-15(2)12-9-10-16(15,3)14(17)13(12)21(18,19)20-11-7-5-4-6-8-11/h4-8,12-13H,9-10H2,1-3H3. The number of carbonyl (C=O) groups excluding carboxylic acids is 1. The number of benzene rings is 1. The van der Waals surface area contributed by atoms with Gasteiger partial charge >= 0.3 is 10.1 Å². The highest BCUT2D eigenvalue weighted by atomic mass is 32.2. The van der Waals surface area contributed by atoms with E-state index in [9.17, 15) is 13.2 Å². The number of para-hydroxylation sites is 1. The largest absolute Gasteiger partial charge is 0.382 e. The minimum absolute atomic E-state index is 0.163.